The van der Waals surface area contributed by atoms with Gasteiger partial charge in [-0.3, -0.25) is 0 Å². The van der Waals surface area contributed by atoms with Crippen LogP contribution >= 0.6 is 0 Å². The van der Waals surface area contributed by atoms with Gasteiger partial charge < -0.3 is 0 Å². The van der Waals surface area contributed by atoms with E-state index < -0.39 is 21.5 Å². The molecule has 6 nitrogen and oxygen atoms in total. The first-order valence-corrected chi connectivity index (χ1v) is 5.85. The summed E-state index contributed by atoms with van der Waals surface area (Å²) >= 11 is -0.983. The minimum absolute atomic E-state index is 0.0494. The van der Waals surface area contributed by atoms with Crippen molar-refractivity contribution in [2.75, 3.05) is 0 Å². The number of hydrogen-bond acceptors (Lipinski definition) is 5. The van der Waals surface area contributed by atoms with Crippen LogP contribution in [-0.2, 0) is 17.9 Å². The number of carbonyl (C=O) groups is 1. The molecule has 14 heavy (non-hydrogen) atoms. The molecule has 0 unspecified atom stereocenters. The van der Waals surface area contributed by atoms with Gasteiger partial charge in [-0.15, -0.1) is 0 Å². The van der Waals surface area contributed by atoms with Crippen LogP contribution < -0.4 is 21.5 Å². The molecule has 0 spiro atoms. The third-order valence-corrected chi connectivity index (χ3v) is 2.71. The third kappa shape index (κ3) is 2.84. The summed E-state index contributed by atoms with van der Waals surface area (Å²) in [5.41, 5.74) is 0.540. The molecule has 0 amide bonds. The molecule has 7 heteroatoms. The maximum atomic E-state index is 10.8. The molecule has 0 aliphatic carbocycles. The van der Waals surface area contributed by atoms with Crippen LogP contribution in [0.15, 0.2) is 9.46 Å². The molecule has 0 saturated carbocycles. The number of ketones is 1. The van der Waals surface area contributed by atoms with Crippen LogP contribution in [-0.4, -0.2) is 20.7 Å². The van der Waals surface area contributed by atoms with Gasteiger partial charge >= 0.3 is 90.8 Å². The topological polar surface area (TPSA) is 84.5 Å². The zero-order chi connectivity index (χ0) is 10.6. The molecule has 0 bridgehead atoms. The fraction of sp³-hybridized carbons (Fsp3) is 0.429. The van der Waals surface area contributed by atoms with Gasteiger partial charge in [-0.25, -0.2) is 0 Å². The Bertz CT molecular complexity index is 350. The molecule has 0 aromatic carbocycles. The second-order valence-corrected chi connectivity index (χ2v) is 4.61. The molecule has 78 valence electrons. The van der Waals surface area contributed by atoms with Crippen LogP contribution in [0, 0.1) is 8.61 Å². The molecule has 1 aromatic heterocycles. The second-order valence-electron chi connectivity index (χ2n) is 2.63. The molecular formula is C7H9IN3O3-. The normalized spacial score (nSPS) is 10.4. The summed E-state index contributed by atoms with van der Waals surface area (Å²) in [4.78, 5) is 20.9. The summed E-state index contributed by atoms with van der Waals surface area (Å²) in [6.07, 6.45) is 0. The van der Waals surface area contributed by atoms with Crippen LogP contribution in [0.5, 0.6) is 0 Å². The standard InChI is InChI=1S/C7H9IN3O3/c1-5(13)3-11-6(4-12)2-7(9-11)8-10-14/h2,12H,3-4H2,1H3/q-1. The molecular weight excluding hydrogens is 301 g/mol. The predicted octanol–water partition coefficient (Wildman–Crippen LogP) is -3.10. The third-order valence-electron chi connectivity index (χ3n) is 1.49. The minimum atomic E-state index is -0.983. The van der Waals surface area contributed by atoms with Crippen molar-refractivity contribution >= 4 is 5.78 Å². The van der Waals surface area contributed by atoms with E-state index in [1.54, 1.807) is 6.07 Å². The van der Waals surface area contributed by atoms with Gasteiger partial charge in [0.2, 0.25) is 0 Å². The molecule has 1 N–H and O–H groups in total. The van der Waals surface area contributed by atoms with E-state index in [1.807, 2.05) is 0 Å². The summed E-state index contributed by atoms with van der Waals surface area (Å²) in [5.74, 6) is -0.0494. The number of nitrogens with zero attached hydrogens (tertiary/aromatic N) is 3. The first-order chi connectivity index (χ1) is 6.67. The van der Waals surface area contributed by atoms with E-state index in [4.69, 9.17) is 5.11 Å². The fourth-order valence-corrected chi connectivity index (χ4v) is 2.03. The van der Waals surface area contributed by atoms with Crippen molar-refractivity contribution in [2.45, 2.75) is 20.1 Å². The number of carbonyl (C=O) groups excluding carboxylic acids is 1. The van der Waals surface area contributed by atoms with Gasteiger partial charge in [0.1, 0.15) is 0 Å². The summed E-state index contributed by atoms with van der Waals surface area (Å²) in [7, 11) is 0. The fourth-order valence-electron chi connectivity index (χ4n) is 0.972. The zero-order valence-electron chi connectivity index (χ0n) is 7.47. The second kappa shape index (κ2) is 5.15. The van der Waals surface area contributed by atoms with Crippen molar-refractivity contribution in [3.63, 3.8) is 0 Å². The van der Waals surface area contributed by atoms with Gasteiger partial charge in [-0.05, 0) is 0 Å². The molecule has 1 rings (SSSR count). The van der Waals surface area contributed by atoms with E-state index in [9.17, 15) is 9.70 Å². The predicted molar refractivity (Wildman–Crippen MR) is 43.3 cm³/mol. The Morgan fingerprint density at radius 3 is 3.00 bits per heavy atom. The van der Waals surface area contributed by atoms with Gasteiger partial charge in [0, 0.05) is 0 Å². The van der Waals surface area contributed by atoms with Gasteiger partial charge in [0.15, 0.2) is 0 Å². The summed E-state index contributed by atoms with van der Waals surface area (Å²) in [6, 6.07) is 1.61. The van der Waals surface area contributed by atoms with Crippen molar-refractivity contribution in [3.05, 3.63) is 20.4 Å². The molecule has 0 aliphatic rings. The van der Waals surface area contributed by atoms with Crippen molar-refractivity contribution in [2.24, 2.45) is 3.39 Å². The average Bonchev–Trinajstić information content (AvgIpc) is 2.47. The SMILES string of the molecule is CC(=O)Cn1nc([I-]N=O)cc1CO. The van der Waals surface area contributed by atoms with Crippen LogP contribution in [0.1, 0.15) is 12.6 Å². The molecule has 0 atom stereocenters. The summed E-state index contributed by atoms with van der Waals surface area (Å²) in [5, 5.41) is 12.9. The Kier molecular flexibility index (Phi) is 4.14. The van der Waals surface area contributed by atoms with Crippen molar-refractivity contribution in [1.82, 2.24) is 9.78 Å². The van der Waals surface area contributed by atoms with E-state index in [-0.39, 0.29) is 18.9 Å². The van der Waals surface area contributed by atoms with Gasteiger partial charge in [-0.1, -0.05) is 0 Å². The van der Waals surface area contributed by atoms with Gasteiger partial charge in [0.25, 0.3) is 0 Å². The Labute approximate surface area is 90.9 Å². The molecule has 0 fully saturated rings. The van der Waals surface area contributed by atoms with Crippen molar-refractivity contribution in [1.29, 1.82) is 0 Å². The zero-order valence-corrected chi connectivity index (χ0v) is 9.63. The van der Waals surface area contributed by atoms with Crippen LogP contribution in [0.25, 0.3) is 0 Å². The van der Waals surface area contributed by atoms with Crippen molar-refractivity contribution in [3.8, 4) is 0 Å². The number of aliphatic hydroxyl groups excluding tert-OH is 1. The maximum absolute atomic E-state index is 10.8. The number of aliphatic hydroxyl groups is 1. The number of halogens is 1. The number of rotatable bonds is 5. The Hall–Kier alpha value is -0.830. The molecule has 0 aliphatic heterocycles. The van der Waals surface area contributed by atoms with E-state index in [0.717, 1.165) is 0 Å². The number of hydrogen-bond donors (Lipinski definition) is 1. The number of nitroso groups, excluding NO2 is 1. The summed E-state index contributed by atoms with van der Waals surface area (Å²) in [6.45, 7) is 1.37. The van der Waals surface area contributed by atoms with Gasteiger partial charge in [-0.2, -0.15) is 0 Å². The Morgan fingerprint density at radius 2 is 2.50 bits per heavy atom. The first-order valence-electron chi connectivity index (χ1n) is 3.81. The van der Waals surface area contributed by atoms with E-state index in [2.05, 4.69) is 8.49 Å². The average molecular weight is 310 g/mol. The van der Waals surface area contributed by atoms with E-state index >= 15 is 0 Å². The number of Topliss-reactive ketones (excluding diaryl/α,β-unsaturated/α-hetero) is 1. The molecule has 0 radical (unpaired) electrons. The van der Waals surface area contributed by atoms with Crippen LogP contribution in [0.4, 0.5) is 0 Å². The molecule has 1 heterocycles. The van der Waals surface area contributed by atoms with Crippen LogP contribution in [0.3, 0.4) is 0 Å². The summed E-state index contributed by atoms with van der Waals surface area (Å²) < 4.78 is 4.77. The van der Waals surface area contributed by atoms with Gasteiger partial charge in [0.05, 0.1) is 0 Å². The monoisotopic (exact) mass is 310 g/mol. The van der Waals surface area contributed by atoms with E-state index in [0.29, 0.717) is 9.39 Å². The molecule has 1 aromatic rings. The number of aromatic nitrogens is 2. The van der Waals surface area contributed by atoms with E-state index in [1.165, 1.54) is 11.6 Å². The van der Waals surface area contributed by atoms with Crippen LogP contribution in [0.2, 0.25) is 0 Å². The molecule has 0 saturated heterocycles. The quantitative estimate of drug-likeness (QED) is 0.461. The van der Waals surface area contributed by atoms with Crippen molar-refractivity contribution < 1.29 is 31.4 Å². The Morgan fingerprint density at radius 1 is 1.79 bits per heavy atom. The first kappa shape index (κ1) is 11.2. The Balaban J connectivity index is 2.89.